The van der Waals surface area contributed by atoms with Gasteiger partial charge in [0.1, 0.15) is 5.75 Å². The molecule has 0 radical (unpaired) electrons. The van der Waals surface area contributed by atoms with Crippen LogP contribution in [0.15, 0.2) is 47.4 Å². The number of rotatable bonds is 9. The predicted octanol–water partition coefficient (Wildman–Crippen LogP) is 3.62. The van der Waals surface area contributed by atoms with Crippen molar-refractivity contribution in [3.05, 3.63) is 58.1 Å². The molecule has 0 atom stereocenters. The van der Waals surface area contributed by atoms with Gasteiger partial charge in [-0.2, -0.15) is 0 Å². The van der Waals surface area contributed by atoms with Gasteiger partial charge in [0, 0.05) is 18.1 Å². The van der Waals surface area contributed by atoms with E-state index in [4.69, 9.17) is 27.9 Å². The van der Waals surface area contributed by atoms with E-state index in [1.54, 1.807) is 12.1 Å². The number of ether oxygens (including phenoxy) is 1. The maximum Gasteiger partial charge on any atom is 0.258 e. The highest BCUT2D eigenvalue weighted by atomic mass is 35.5. The van der Waals surface area contributed by atoms with Crippen molar-refractivity contribution >= 4 is 39.1 Å². The van der Waals surface area contributed by atoms with Gasteiger partial charge in [-0.1, -0.05) is 55.2 Å². The summed E-state index contributed by atoms with van der Waals surface area (Å²) in [5.41, 5.74) is 0.791. The van der Waals surface area contributed by atoms with E-state index in [-0.39, 0.29) is 40.6 Å². The lowest BCUT2D eigenvalue weighted by Crippen LogP contribution is -2.28. The number of nitrogens with one attached hydrogen (secondary N) is 2. The van der Waals surface area contributed by atoms with Gasteiger partial charge in [0.2, 0.25) is 10.0 Å². The van der Waals surface area contributed by atoms with Crippen molar-refractivity contribution in [2.75, 3.05) is 13.2 Å². The summed E-state index contributed by atoms with van der Waals surface area (Å²) in [7, 11) is -3.65. The minimum Gasteiger partial charge on any atom is -0.482 e. The summed E-state index contributed by atoms with van der Waals surface area (Å²) in [6, 6.07) is 11.3. The van der Waals surface area contributed by atoms with Crippen LogP contribution in [0.3, 0.4) is 0 Å². The topological polar surface area (TPSA) is 84.5 Å². The van der Waals surface area contributed by atoms with Gasteiger partial charge in [-0.3, -0.25) is 4.79 Å². The maximum atomic E-state index is 12.2. The summed E-state index contributed by atoms with van der Waals surface area (Å²) >= 11 is 12.1. The summed E-state index contributed by atoms with van der Waals surface area (Å²) in [4.78, 5) is 12.0. The number of amides is 1. The average Bonchev–Trinajstić information content (AvgIpc) is 2.64. The normalized spacial score (nSPS) is 11.5. The highest BCUT2D eigenvalue weighted by Gasteiger charge is 2.16. The lowest BCUT2D eigenvalue weighted by molar-refractivity contribution is -0.123. The minimum atomic E-state index is -3.65. The third kappa shape index (κ3) is 6.67. The Bertz CT molecular complexity index is 933. The second kappa shape index (κ2) is 10.1. The molecule has 2 aromatic carbocycles. The molecule has 0 aromatic heterocycles. The van der Waals surface area contributed by atoms with E-state index in [9.17, 15) is 13.2 Å². The van der Waals surface area contributed by atoms with E-state index in [2.05, 4.69) is 10.0 Å². The monoisotopic (exact) mass is 444 g/mol. The van der Waals surface area contributed by atoms with Crippen molar-refractivity contribution in [1.29, 1.82) is 0 Å². The van der Waals surface area contributed by atoms with Crippen LogP contribution < -0.4 is 14.8 Å². The van der Waals surface area contributed by atoms with Gasteiger partial charge in [0.15, 0.2) is 6.61 Å². The number of hydrogen-bond donors (Lipinski definition) is 2. The predicted molar refractivity (Wildman–Crippen MR) is 110 cm³/mol. The molecule has 0 aliphatic carbocycles. The molecule has 0 heterocycles. The Morgan fingerprint density at radius 2 is 1.82 bits per heavy atom. The molecule has 9 heteroatoms. The van der Waals surface area contributed by atoms with E-state index < -0.39 is 10.0 Å². The minimum absolute atomic E-state index is 0.0358. The third-order valence-electron chi connectivity index (χ3n) is 3.69. The molecule has 0 aliphatic rings. The Morgan fingerprint density at radius 1 is 1.11 bits per heavy atom. The first kappa shape index (κ1) is 22.5. The highest BCUT2D eigenvalue weighted by molar-refractivity contribution is 7.89. The van der Waals surface area contributed by atoms with E-state index in [1.165, 1.54) is 18.2 Å². The van der Waals surface area contributed by atoms with Crippen LogP contribution in [0.5, 0.6) is 5.75 Å². The van der Waals surface area contributed by atoms with Crippen LogP contribution in [0.2, 0.25) is 10.0 Å². The Labute approximate surface area is 175 Å². The summed E-state index contributed by atoms with van der Waals surface area (Å²) in [5, 5.41) is 3.36. The van der Waals surface area contributed by atoms with Crippen molar-refractivity contribution in [1.82, 2.24) is 10.0 Å². The van der Waals surface area contributed by atoms with Crippen molar-refractivity contribution in [2.24, 2.45) is 5.92 Å². The second-order valence-corrected chi connectivity index (χ2v) is 9.08. The first-order valence-corrected chi connectivity index (χ1v) is 10.8. The summed E-state index contributed by atoms with van der Waals surface area (Å²) in [6.07, 6.45) is 0. The fraction of sp³-hybridized carbons (Fsp3) is 0.316. The van der Waals surface area contributed by atoms with Crippen LogP contribution in [0.4, 0.5) is 0 Å². The van der Waals surface area contributed by atoms with E-state index in [1.807, 2.05) is 26.0 Å². The average molecular weight is 445 g/mol. The Balaban J connectivity index is 1.92. The van der Waals surface area contributed by atoms with Gasteiger partial charge < -0.3 is 10.1 Å². The lowest BCUT2D eigenvalue weighted by Gasteiger charge is -2.12. The standard InChI is InChI=1S/C19H22Cl2N2O4S/c1-13(2)10-23-28(25,26)15-7-8-18(17(21)9-15)27-12-19(24)22-11-14-5-3-4-6-16(14)20/h3-9,13,23H,10-12H2,1-2H3,(H,22,24). The number of halogens is 2. The first-order chi connectivity index (χ1) is 13.2. The van der Waals surface area contributed by atoms with Crippen LogP contribution in [-0.4, -0.2) is 27.5 Å². The van der Waals surface area contributed by atoms with Crippen molar-refractivity contribution in [2.45, 2.75) is 25.3 Å². The van der Waals surface area contributed by atoms with Gasteiger partial charge >= 0.3 is 0 Å². The summed E-state index contributed by atoms with van der Waals surface area (Å²) in [6.45, 7) is 4.15. The molecule has 0 aliphatic heterocycles. The molecule has 0 unspecified atom stereocenters. The number of carbonyl (C=O) groups excluding carboxylic acids is 1. The van der Waals surface area contributed by atoms with Crippen molar-refractivity contribution in [3.8, 4) is 5.75 Å². The zero-order valence-corrected chi connectivity index (χ0v) is 17.9. The van der Waals surface area contributed by atoms with Crippen LogP contribution >= 0.6 is 23.2 Å². The van der Waals surface area contributed by atoms with Gasteiger partial charge in [-0.25, -0.2) is 13.1 Å². The van der Waals surface area contributed by atoms with Gasteiger partial charge in [-0.15, -0.1) is 0 Å². The second-order valence-electron chi connectivity index (χ2n) is 6.49. The highest BCUT2D eigenvalue weighted by Crippen LogP contribution is 2.27. The number of carbonyl (C=O) groups is 1. The zero-order chi connectivity index (χ0) is 20.7. The molecule has 1 amide bonds. The number of benzene rings is 2. The number of sulfonamides is 1. The van der Waals surface area contributed by atoms with Crippen molar-refractivity contribution < 1.29 is 17.9 Å². The molecule has 0 bridgehead atoms. The Hall–Kier alpha value is -1.80. The zero-order valence-electron chi connectivity index (χ0n) is 15.5. The number of hydrogen-bond acceptors (Lipinski definition) is 4. The molecule has 0 saturated carbocycles. The molecule has 2 aromatic rings. The molecule has 2 rings (SSSR count). The maximum absolute atomic E-state index is 12.2. The van der Waals surface area contributed by atoms with Crippen LogP contribution in [0.25, 0.3) is 0 Å². The fourth-order valence-electron chi connectivity index (χ4n) is 2.16. The van der Waals surface area contributed by atoms with Gasteiger partial charge in [0.05, 0.1) is 9.92 Å². The molecule has 28 heavy (non-hydrogen) atoms. The van der Waals surface area contributed by atoms with E-state index >= 15 is 0 Å². The molecular weight excluding hydrogens is 423 g/mol. The van der Waals surface area contributed by atoms with E-state index in [0.717, 1.165) is 5.56 Å². The molecule has 0 spiro atoms. The quantitative estimate of drug-likeness (QED) is 0.618. The van der Waals surface area contributed by atoms with Crippen LogP contribution in [0.1, 0.15) is 19.4 Å². The lowest BCUT2D eigenvalue weighted by atomic mass is 10.2. The molecule has 0 fully saturated rings. The Morgan fingerprint density at radius 3 is 2.46 bits per heavy atom. The van der Waals surface area contributed by atoms with Crippen LogP contribution in [-0.2, 0) is 21.4 Å². The Kier molecular flexibility index (Phi) is 8.12. The van der Waals surface area contributed by atoms with Gasteiger partial charge in [-0.05, 0) is 35.7 Å². The summed E-state index contributed by atoms with van der Waals surface area (Å²) < 4.78 is 32.4. The van der Waals surface area contributed by atoms with E-state index in [0.29, 0.717) is 11.6 Å². The third-order valence-corrected chi connectivity index (χ3v) is 5.77. The van der Waals surface area contributed by atoms with Crippen LogP contribution in [0, 0.1) is 5.92 Å². The SMILES string of the molecule is CC(C)CNS(=O)(=O)c1ccc(OCC(=O)NCc2ccccc2Cl)c(Cl)c1. The molecule has 152 valence electrons. The van der Waals surface area contributed by atoms with Gasteiger partial charge in [0.25, 0.3) is 5.91 Å². The largest absolute Gasteiger partial charge is 0.482 e. The molecule has 6 nitrogen and oxygen atoms in total. The molecular formula is C19H22Cl2N2O4S. The first-order valence-electron chi connectivity index (χ1n) is 8.61. The molecule has 0 saturated heterocycles. The smallest absolute Gasteiger partial charge is 0.258 e. The summed E-state index contributed by atoms with van der Waals surface area (Å²) in [5.74, 6) is 0.0424. The molecule has 2 N–H and O–H groups in total. The van der Waals surface area contributed by atoms with Crippen molar-refractivity contribution in [3.63, 3.8) is 0 Å². The fourth-order valence-corrected chi connectivity index (χ4v) is 3.90.